The summed E-state index contributed by atoms with van der Waals surface area (Å²) < 4.78 is 0. The second-order valence-corrected chi connectivity index (χ2v) is 12.1. The van der Waals surface area contributed by atoms with E-state index in [1.54, 1.807) is 22.7 Å². The second-order valence-electron chi connectivity index (χ2n) is 9.78. The molecule has 0 fully saturated rings. The Labute approximate surface area is 203 Å². The van der Waals surface area contributed by atoms with Crippen LogP contribution in [0.1, 0.15) is 41.0 Å². The summed E-state index contributed by atoms with van der Waals surface area (Å²) in [7, 11) is 0. The second kappa shape index (κ2) is 8.89. The molecule has 2 N–H and O–H groups in total. The lowest BCUT2D eigenvalue weighted by atomic mass is 9.82. The smallest absolute Gasteiger partial charge is 0.171 e. The summed E-state index contributed by atoms with van der Waals surface area (Å²) in [6.45, 7) is 11.1. The molecular formula is C25H28N4S3. The average molecular weight is 481 g/mol. The molecule has 4 rings (SSSR count). The predicted octanol–water partition coefficient (Wildman–Crippen LogP) is 7.59. The van der Waals surface area contributed by atoms with Crippen LogP contribution in [-0.2, 0) is 0 Å². The van der Waals surface area contributed by atoms with Gasteiger partial charge >= 0.3 is 0 Å². The van der Waals surface area contributed by atoms with Crippen molar-refractivity contribution in [2.45, 2.75) is 46.6 Å². The molecule has 0 bridgehead atoms. The standard InChI is InChI=1S/C25H28N4S3/c1-24(2,3)15-25(4,5)29-23(30)26-16-10-11-17-18(14-16)28-22(20-9-7-13-32-20)21(27-17)19-8-6-12-31-19/h6-14H,15H2,1-5H3,(H2,26,29,30). The third kappa shape index (κ3) is 5.52. The summed E-state index contributed by atoms with van der Waals surface area (Å²) in [5.41, 5.74) is 4.55. The fourth-order valence-corrected chi connectivity index (χ4v) is 5.97. The van der Waals surface area contributed by atoms with Crippen LogP contribution >= 0.6 is 34.9 Å². The van der Waals surface area contributed by atoms with Crippen LogP contribution in [0.15, 0.2) is 53.2 Å². The largest absolute Gasteiger partial charge is 0.358 e. The molecule has 0 saturated carbocycles. The number of rotatable bonds is 5. The van der Waals surface area contributed by atoms with Gasteiger partial charge in [0.25, 0.3) is 0 Å². The number of benzene rings is 1. The van der Waals surface area contributed by atoms with Crippen molar-refractivity contribution in [3.05, 3.63) is 53.2 Å². The highest BCUT2D eigenvalue weighted by molar-refractivity contribution is 7.80. The van der Waals surface area contributed by atoms with Crippen LogP contribution in [0.2, 0.25) is 0 Å². The third-order valence-electron chi connectivity index (χ3n) is 4.86. The number of thiocarbonyl (C=S) groups is 1. The van der Waals surface area contributed by atoms with Gasteiger partial charge in [-0.2, -0.15) is 0 Å². The minimum absolute atomic E-state index is 0.110. The maximum atomic E-state index is 5.61. The van der Waals surface area contributed by atoms with Gasteiger partial charge in [0.05, 0.1) is 20.8 Å². The molecule has 166 valence electrons. The Hall–Kier alpha value is -2.35. The third-order valence-corrected chi connectivity index (χ3v) is 6.81. The first kappa shape index (κ1) is 22.8. The highest BCUT2D eigenvalue weighted by atomic mass is 32.1. The van der Waals surface area contributed by atoms with E-state index in [1.165, 1.54) is 0 Å². The highest BCUT2D eigenvalue weighted by Gasteiger charge is 2.26. The lowest BCUT2D eigenvalue weighted by molar-refractivity contribution is 0.268. The van der Waals surface area contributed by atoms with E-state index in [9.17, 15) is 0 Å². The molecule has 0 spiro atoms. The zero-order valence-electron chi connectivity index (χ0n) is 19.0. The number of hydrogen-bond acceptors (Lipinski definition) is 5. The number of thiophene rings is 2. The Morgan fingerprint density at radius 3 is 2.00 bits per heavy atom. The maximum absolute atomic E-state index is 5.61. The first-order chi connectivity index (χ1) is 15.1. The Balaban J connectivity index is 1.63. The van der Waals surface area contributed by atoms with Crippen LogP contribution in [-0.4, -0.2) is 20.6 Å². The molecular weight excluding hydrogens is 453 g/mol. The average Bonchev–Trinajstić information content (AvgIpc) is 3.38. The summed E-state index contributed by atoms with van der Waals surface area (Å²) in [6, 6.07) is 14.3. The van der Waals surface area contributed by atoms with Crippen molar-refractivity contribution >= 4 is 56.7 Å². The van der Waals surface area contributed by atoms with Crippen molar-refractivity contribution < 1.29 is 0 Å². The lowest BCUT2D eigenvalue weighted by Gasteiger charge is -2.34. The fraction of sp³-hybridized carbons (Fsp3) is 0.320. The molecule has 3 aromatic heterocycles. The first-order valence-corrected chi connectivity index (χ1v) is 12.8. The van der Waals surface area contributed by atoms with Crippen molar-refractivity contribution in [1.29, 1.82) is 0 Å². The van der Waals surface area contributed by atoms with Crippen LogP contribution in [0.4, 0.5) is 5.69 Å². The zero-order valence-corrected chi connectivity index (χ0v) is 21.5. The van der Waals surface area contributed by atoms with E-state index in [4.69, 9.17) is 22.2 Å². The summed E-state index contributed by atoms with van der Waals surface area (Å²) in [5.74, 6) is 0. The van der Waals surface area contributed by atoms with Crippen LogP contribution in [0, 0.1) is 5.41 Å². The van der Waals surface area contributed by atoms with Crippen LogP contribution < -0.4 is 10.6 Å². The minimum atomic E-state index is -0.110. The molecule has 0 unspecified atom stereocenters. The number of nitrogens with one attached hydrogen (secondary N) is 2. The number of fused-ring (bicyclic) bond motifs is 1. The summed E-state index contributed by atoms with van der Waals surface area (Å²) >= 11 is 8.96. The number of aromatic nitrogens is 2. The Kier molecular flexibility index (Phi) is 6.34. The van der Waals surface area contributed by atoms with Gasteiger partial charge in [0.1, 0.15) is 11.4 Å². The molecule has 4 aromatic rings. The Morgan fingerprint density at radius 1 is 0.875 bits per heavy atom. The molecule has 7 heteroatoms. The summed E-state index contributed by atoms with van der Waals surface area (Å²) in [5, 5.41) is 11.5. The topological polar surface area (TPSA) is 49.8 Å². The molecule has 32 heavy (non-hydrogen) atoms. The normalized spacial score (nSPS) is 12.2. The Bertz CT molecular complexity index is 1220. The van der Waals surface area contributed by atoms with Gasteiger partial charge in [0, 0.05) is 11.2 Å². The fourth-order valence-electron chi connectivity index (χ4n) is 4.14. The van der Waals surface area contributed by atoms with Gasteiger partial charge in [-0.05, 0) is 79.0 Å². The molecule has 0 atom stereocenters. The summed E-state index contributed by atoms with van der Waals surface area (Å²) in [4.78, 5) is 12.2. The maximum Gasteiger partial charge on any atom is 0.171 e. The van der Waals surface area contributed by atoms with Gasteiger partial charge in [0.15, 0.2) is 5.11 Å². The van der Waals surface area contributed by atoms with Crippen molar-refractivity contribution in [2.75, 3.05) is 5.32 Å². The van der Waals surface area contributed by atoms with Gasteiger partial charge in [-0.3, -0.25) is 0 Å². The molecule has 3 heterocycles. The molecule has 0 radical (unpaired) electrons. The highest BCUT2D eigenvalue weighted by Crippen LogP contribution is 2.36. The molecule has 0 aliphatic rings. The molecule has 1 aromatic carbocycles. The van der Waals surface area contributed by atoms with E-state index in [-0.39, 0.29) is 11.0 Å². The molecule has 0 aliphatic heterocycles. The molecule has 0 aliphatic carbocycles. The van der Waals surface area contributed by atoms with Crippen molar-refractivity contribution in [1.82, 2.24) is 15.3 Å². The lowest BCUT2D eigenvalue weighted by Crippen LogP contribution is -2.47. The molecule has 4 nitrogen and oxygen atoms in total. The first-order valence-electron chi connectivity index (χ1n) is 10.6. The predicted molar refractivity (Wildman–Crippen MR) is 144 cm³/mol. The Morgan fingerprint density at radius 2 is 1.47 bits per heavy atom. The van der Waals surface area contributed by atoms with Gasteiger partial charge in [-0.1, -0.05) is 32.9 Å². The van der Waals surface area contributed by atoms with E-state index in [2.05, 4.69) is 68.1 Å². The van der Waals surface area contributed by atoms with Crippen LogP contribution in [0.25, 0.3) is 32.2 Å². The van der Waals surface area contributed by atoms with E-state index in [1.807, 2.05) is 30.3 Å². The van der Waals surface area contributed by atoms with Crippen LogP contribution in [0.3, 0.4) is 0 Å². The molecule has 0 saturated heterocycles. The molecule has 0 amide bonds. The summed E-state index contributed by atoms with van der Waals surface area (Å²) in [6.07, 6.45) is 1.00. The minimum Gasteiger partial charge on any atom is -0.358 e. The van der Waals surface area contributed by atoms with Crippen LogP contribution in [0.5, 0.6) is 0 Å². The number of anilines is 1. The van der Waals surface area contributed by atoms with Gasteiger partial charge in [-0.25, -0.2) is 9.97 Å². The van der Waals surface area contributed by atoms with Gasteiger partial charge < -0.3 is 10.6 Å². The van der Waals surface area contributed by atoms with E-state index < -0.39 is 0 Å². The van der Waals surface area contributed by atoms with Gasteiger partial charge in [0.2, 0.25) is 0 Å². The SMILES string of the molecule is CC(C)(C)CC(C)(C)NC(=S)Nc1ccc2nc(-c3cccs3)c(-c3cccs3)nc2c1. The van der Waals surface area contributed by atoms with E-state index >= 15 is 0 Å². The van der Waals surface area contributed by atoms with Crippen molar-refractivity contribution in [3.8, 4) is 21.1 Å². The van der Waals surface area contributed by atoms with Crippen molar-refractivity contribution in [3.63, 3.8) is 0 Å². The van der Waals surface area contributed by atoms with E-state index in [0.717, 1.165) is 44.3 Å². The van der Waals surface area contributed by atoms with Crippen molar-refractivity contribution in [2.24, 2.45) is 5.41 Å². The van der Waals surface area contributed by atoms with Gasteiger partial charge in [-0.15, -0.1) is 22.7 Å². The van der Waals surface area contributed by atoms with E-state index in [0.29, 0.717) is 5.11 Å². The quantitative estimate of drug-likeness (QED) is 0.288. The number of nitrogens with zero attached hydrogens (tertiary/aromatic N) is 2. The zero-order chi connectivity index (χ0) is 22.9. The monoisotopic (exact) mass is 480 g/mol. The number of hydrogen-bond donors (Lipinski definition) is 2.